The Hall–Kier alpha value is -1.15. The quantitative estimate of drug-likeness (QED) is 0.436. The summed E-state index contributed by atoms with van der Waals surface area (Å²) in [5.41, 5.74) is 3.31. The molecule has 1 aliphatic carbocycles. The zero-order valence-electron chi connectivity index (χ0n) is 17.8. The first-order valence-corrected chi connectivity index (χ1v) is 9.66. The molecular weight excluding hydrogens is 308 g/mol. The minimum atomic E-state index is -0.492. The summed E-state index contributed by atoms with van der Waals surface area (Å²) < 4.78 is 0. The van der Waals surface area contributed by atoms with Crippen molar-refractivity contribution in [2.75, 3.05) is 0 Å². The fraction of sp³-hybridized carbons (Fsp3) is 0.696. The molecule has 0 aliphatic heterocycles. The molecule has 0 saturated heterocycles. The van der Waals surface area contributed by atoms with E-state index in [-0.39, 0.29) is 11.2 Å². The molecule has 0 bridgehead atoms. The average molecular weight is 349 g/mol. The van der Waals surface area contributed by atoms with Gasteiger partial charge in [0.05, 0.1) is 5.60 Å². The van der Waals surface area contributed by atoms with E-state index in [4.69, 9.17) is 0 Å². The van der Waals surface area contributed by atoms with Crippen molar-refractivity contribution in [1.82, 2.24) is 0 Å². The molecule has 0 atom stereocenters. The molecule has 0 fully saturated rings. The van der Waals surface area contributed by atoms with Crippen molar-refractivity contribution in [3.05, 3.63) is 34.9 Å². The smallest absolute Gasteiger partial charge is 0.181 e. The van der Waals surface area contributed by atoms with Crippen LogP contribution in [0.5, 0.6) is 0 Å². The van der Waals surface area contributed by atoms with E-state index in [1.165, 1.54) is 17.6 Å². The van der Waals surface area contributed by atoms with Crippen LogP contribution in [0, 0.1) is 5.41 Å². The highest BCUT2D eigenvalue weighted by Gasteiger charge is 2.31. The van der Waals surface area contributed by atoms with Gasteiger partial charge in [-0.25, -0.2) is 0 Å². The number of aliphatic hydroxyl groups is 1. The first-order valence-electron chi connectivity index (χ1n) is 9.66. The summed E-state index contributed by atoms with van der Waals surface area (Å²) in [6, 6.07) is 0. The highest BCUT2D eigenvalue weighted by Crippen LogP contribution is 2.40. The van der Waals surface area contributed by atoms with E-state index in [0.717, 1.165) is 37.7 Å². The Bertz CT molecular complexity index is 511. The average Bonchev–Trinajstić information content (AvgIpc) is 2.45. The number of carbonyl (C=O) groups is 1. The van der Waals surface area contributed by atoms with Gasteiger partial charge in [-0.3, -0.25) is 4.79 Å². The topological polar surface area (TPSA) is 37.3 Å². The van der Waals surface area contributed by atoms with Crippen molar-refractivity contribution in [2.45, 2.75) is 99.5 Å². The fourth-order valence-corrected chi connectivity index (χ4v) is 3.35. The van der Waals surface area contributed by atoms with Gasteiger partial charge in [-0.2, -0.15) is 0 Å². The molecule has 0 aromatic rings. The molecule has 25 heavy (non-hydrogen) atoms. The van der Waals surface area contributed by atoms with Crippen molar-refractivity contribution in [3.63, 3.8) is 0 Å². The van der Waals surface area contributed by atoms with Gasteiger partial charge in [-0.05, 0) is 91.6 Å². The van der Waals surface area contributed by atoms with Gasteiger partial charge in [0, 0.05) is 5.57 Å². The summed E-state index contributed by atoms with van der Waals surface area (Å²) in [7, 11) is 0. The van der Waals surface area contributed by atoms with Gasteiger partial charge in [0.1, 0.15) is 0 Å². The number of allylic oxidation sites excluding steroid dienone is 6. The predicted octanol–water partition coefficient (Wildman–Crippen LogP) is 6.55. The van der Waals surface area contributed by atoms with Crippen molar-refractivity contribution in [2.24, 2.45) is 5.41 Å². The van der Waals surface area contributed by atoms with Crippen LogP contribution in [0.4, 0.5) is 0 Å². The molecule has 0 spiro atoms. The van der Waals surface area contributed by atoms with Crippen LogP contribution >= 0.6 is 0 Å². The van der Waals surface area contributed by atoms with E-state index in [1.807, 2.05) is 26.8 Å². The highest BCUT2D eigenvalue weighted by molar-refractivity contribution is 6.05. The third-order valence-electron chi connectivity index (χ3n) is 4.87. The molecule has 1 N–H and O–H groups in total. The van der Waals surface area contributed by atoms with Crippen molar-refractivity contribution < 1.29 is 9.90 Å². The van der Waals surface area contributed by atoms with Gasteiger partial charge >= 0.3 is 0 Å². The van der Waals surface area contributed by atoms with Gasteiger partial charge in [0.2, 0.25) is 0 Å². The zero-order chi connectivity index (χ0) is 19.7. The largest absolute Gasteiger partial charge is 0.390 e. The zero-order valence-corrected chi connectivity index (χ0v) is 17.8. The van der Waals surface area contributed by atoms with Gasteiger partial charge in [0.15, 0.2) is 5.78 Å². The molecule has 1 aliphatic rings. The Kier molecular flexibility index (Phi) is 10.3. The fourth-order valence-electron chi connectivity index (χ4n) is 3.35. The van der Waals surface area contributed by atoms with Crippen LogP contribution in [-0.4, -0.2) is 16.5 Å². The Morgan fingerprint density at radius 1 is 1.28 bits per heavy atom. The first-order chi connectivity index (χ1) is 11.4. The second kappa shape index (κ2) is 10.8. The lowest BCUT2D eigenvalue weighted by Crippen LogP contribution is -2.25. The lowest BCUT2D eigenvalue weighted by molar-refractivity contribution is -0.112. The second-order valence-electron chi connectivity index (χ2n) is 8.56. The molecule has 2 heteroatoms. The van der Waals surface area contributed by atoms with Crippen molar-refractivity contribution >= 4 is 5.78 Å². The second-order valence-corrected chi connectivity index (χ2v) is 8.56. The van der Waals surface area contributed by atoms with Crippen LogP contribution in [0.3, 0.4) is 0 Å². The summed E-state index contributed by atoms with van der Waals surface area (Å²) in [6.07, 6.45) is 12.2. The van der Waals surface area contributed by atoms with E-state index in [2.05, 4.69) is 40.7 Å². The summed E-state index contributed by atoms with van der Waals surface area (Å²) in [5, 5.41) is 9.38. The van der Waals surface area contributed by atoms with Gasteiger partial charge in [-0.15, -0.1) is 0 Å². The number of hydrogen-bond acceptors (Lipinski definition) is 2. The molecule has 0 saturated carbocycles. The number of rotatable bonds is 6. The van der Waals surface area contributed by atoms with E-state index in [1.54, 1.807) is 6.08 Å². The van der Waals surface area contributed by atoms with Crippen LogP contribution in [-0.2, 0) is 4.79 Å². The normalized spacial score (nSPS) is 18.2. The Morgan fingerprint density at radius 3 is 2.32 bits per heavy atom. The number of hydrogen-bond donors (Lipinski definition) is 1. The number of ketones is 1. The predicted molar refractivity (Wildman–Crippen MR) is 110 cm³/mol. The lowest BCUT2D eigenvalue weighted by atomic mass is 9.71. The van der Waals surface area contributed by atoms with Crippen LogP contribution in [0.2, 0.25) is 0 Å². The summed E-state index contributed by atoms with van der Waals surface area (Å²) >= 11 is 0. The first kappa shape index (κ1) is 23.9. The Balaban J connectivity index is 0.000000477. The van der Waals surface area contributed by atoms with Gasteiger partial charge < -0.3 is 5.11 Å². The molecule has 0 aromatic heterocycles. The van der Waals surface area contributed by atoms with Gasteiger partial charge in [0.25, 0.3) is 0 Å². The molecule has 1 rings (SSSR count). The molecule has 0 heterocycles. The van der Waals surface area contributed by atoms with E-state index >= 15 is 0 Å². The van der Waals surface area contributed by atoms with E-state index in [0.29, 0.717) is 0 Å². The molecule has 0 radical (unpaired) electrons. The maximum Gasteiger partial charge on any atom is 0.181 e. The standard InChI is InChI=1S/C13H20O.C10H20O/c1-5-7-11(14)12-10(2)8-6-9-13(12,3)4;1-5-9(2)7-6-8-10(3,4)11/h5,7H,6,8-9H2,1-4H3;5,11H,6-8H2,1-4H3/b7-5+;. The van der Waals surface area contributed by atoms with Gasteiger partial charge in [-0.1, -0.05) is 37.1 Å². The molecule has 2 nitrogen and oxygen atoms in total. The summed E-state index contributed by atoms with van der Waals surface area (Å²) in [4.78, 5) is 11.9. The van der Waals surface area contributed by atoms with E-state index < -0.39 is 5.60 Å². The number of carbonyl (C=O) groups excluding carboxylic acids is 1. The molecular formula is C23H40O2. The molecule has 0 amide bonds. The third-order valence-corrected chi connectivity index (χ3v) is 4.87. The molecule has 144 valence electrons. The third kappa shape index (κ3) is 9.79. The highest BCUT2D eigenvalue weighted by atomic mass is 16.3. The molecule has 0 aromatic carbocycles. The monoisotopic (exact) mass is 348 g/mol. The lowest BCUT2D eigenvalue weighted by Gasteiger charge is -2.32. The Labute approximate surface area is 156 Å². The van der Waals surface area contributed by atoms with Crippen LogP contribution in [0.25, 0.3) is 0 Å². The maximum atomic E-state index is 11.9. The minimum absolute atomic E-state index is 0.0684. The van der Waals surface area contributed by atoms with Crippen LogP contribution < -0.4 is 0 Å². The SMILES string of the molecule is C/C=C/C(=O)C1=C(C)CCCC1(C)C.CC=C(C)CCCC(C)(C)O. The van der Waals surface area contributed by atoms with Crippen molar-refractivity contribution in [1.29, 1.82) is 0 Å². The Morgan fingerprint density at radius 2 is 1.88 bits per heavy atom. The van der Waals surface area contributed by atoms with Crippen LogP contribution in [0.15, 0.2) is 34.9 Å². The van der Waals surface area contributed by atoms with Crippen LogP contribution in [0.1, 0.15) is 93.9 Å². The molecule has 0 unspecified atom stereocenters. The maximum absolute atomic E-state index is 11.9. The van der Waals surface area contributed by atoms with Crippen molar-refractivity contribution in [3.8, 4) is 0 Å². The van der Waals surface area contributed by atoms with E-state index in [9.17, 15) is 9.90 Å². The summed E-state index contributed by atoms with van der Waals surface area (Å²) in [6.45, 7) is 16.2. The summed E-state index contributed by atoms with van der Waals surface area (Å²) in [5.74, 6) is 0.203. The minimum Gasteiger partial charge on any atom is -0.390 e.